The van der Waals surface area contributed by atoms with Crippen molar-refractivity contribution in [1.82, 2.24) is 14.7 Å². The first-order valence-corrected chi connectivity index (χ1v) is 6.77. The molecule has 0 spiro atoms. The van der Waals surface area contributed by atoms with E-state index in [1.807, 2.05) is 30.0 Å². The summed E-state index contributed by atoms with van der Waals surface area (Å²) in [5.41, 5.74) is 0.757. The number of nitrogens with zero attached hydrogens (tertiary/aromatic N) is 3. The molecule has 1 aliphatic carbocycles. The Morgan fingerprint density at radius 1 is 1.53 bits per heavy atom. The highest BCUT2D eigenvalue weighted by Crippen LogP contribution is 2.38. The number of ketones is 1. The molecule has 0 N–H and O–H groups in total. The Labute approximate surface area is 111 Å². The molecule has 3 rings (SSSR count). The van der Waals surface area contributed by atoms with Crippen LogP contribution in [0.2, 0.25) is 0 Å². The molecule has 0 unspecified atom stereocenters. The second-order valence-electron chi connectivity index (χ2n) is 5.07. The molecule has 0 atom stereocenters. The lowest BCUT2D eigenvalue weighted by molar-refractivity contribution is 0.0981. The molecule has 5 nitrogen and oxygen atoms in total. The molecule has 19 heavy (non-hydrogen) atoms. The predicted molar refractivity (Wildman–Crippen MR) is 69.0 cm³/mol. The minimum absolute atomic E-state index is 0.188. The molecule has 0 bridgehead atoms. The highest BCUT2D eigenvalue weighted by Gasteiger charge is 2.29. The second kappa shape index (κ2) is 4.99. The standard InChI is InChI=1S/C14H17N3O2/c1-2-3-12(18)11-6-7-17(8-11)9-13-15-14(19-16-13)10-4-5-10/h6-8,10H,2-5,9H2,1H3. The van der Waals surface area contributed by atoms with Crippen molar-refractivity contribution < 1.29 is 9.32 Å². The molecule has 5 heteroatoms. The number of carbonyl (C=O) groups is 1. The van der Waals surface area contributed by atoms with Crippen LogP contribution in [0.15, 0.2) is 23.0 Å². The lowest BCUT2D eigenvalue weighted by Gasteiger charge is -1.97. The number of hydrogen-bond donors (Lipinski definition) is 0. The third-order valence-corrected chi connectivity index (χ3v) is 3.28. The lowest BCUT2D eigenvalue weighted by Crippen LogP contribution is -2.00. The Kier molecular flexibility index (Phi) is 3.19. The number of hydrogen-bond acceptors (Lipinski definition) is 4. The van der Waals surface area contributed by atoms with Crippen LogP contribution in [0, 0.1) is 0 Å². The molecule has 2 aromatic heterocycles. The van der Waals surface area contributed by atoms with Crippen molar-refractivity contribution in [2.24, 2.45) is 0 Å². The van der Waals surface area contributed by atoms with Gasteiger partial charge in [-0.25, -0.2) is 0 Å². The molecule has 0 aromatic carbocycles. The Hall–Kier alpha value is -1.91. The predicted octanol–water partition coefficient (Wildman–Crippen LogP) is 2.78. The smallest absolute Gasteiger partial charge is 0.229 e. The van der Waals surface area contributed by atoms with Gasteiger partial charge in [0.2, 0.25) is 5.89 Å². The Balaban J connectivity index is 1.67. The monoisotopic (exact) mass is 259 g/mol. The SMILES string of the molecule is CCCC(=O)c1ccn(Cc2noc(C3CC3)n2)c1. The van der Waals surface area contributed by atoms with Crippen molar-refractivity contribution in [2.75, 3.05) is 0 Å². The van der Waals surface area contributed by atoms with E-state index in [1.165, 1.54) is 0 Å². The van der Waals surface area contributed by atoms with Gasteiger partial charge < -0.3 is 9.09 Å². The number of Topliss-reactive ketones (excluding diaryl/α,β-unsaturated/α-hetero) is 1. The molecular weight excluding hydrogens is 242 g/mol. The lowest BCUT2D eigenvalue weighted by atomic mass is 10.1. The molecular formula is C14H17N3O2. The summed E-state index contributed by atoms with van der Waals surface area (Å²) in [7, 11) is 0. The fraction of sp³-hybridized carbons (Fsp3) is 0.500. The van der Waals surface area contributed by atoms with Gasteiger partial charge in [0.05, 0.1) is 6.54 Å². The average molecular weight is 259 g/mol. The first-order valence-electron chi connectivity index (χ1n) is 6.77. The zero-order chi connectivity index (χ0) is 13.2. The molecule has 0 amide bonds. The van der Waals surface area contributed by atoms with Crippen LogP contribution in [0.3, 0.4) is 0 Å². The number of rotatable bonds is 6. The first kappa shape index (κ1) is 12.1. The van der Waals surface area contributed by atoms with Crippen LogP contribution in [0.1, 0.15) is 60.6 Å². The molecule has 0 saturated heterocycles. The Morgan fingerprint density at radius 2 is 2.37 bits per heavy atom. The van der Waals surface area contributed by atoms with Crippen LogP contribution in [0.25, 0.3) is 0 Å². The van der Waals surface area contributed by atoms with Gasteiger partial charge in [0, 0.05) is 30.3 Å². The van der Waals surface area contributed by atoms with E-state index >= 15 is 0 Å². The van der Waals surface area contributed by atoms with E-state index in [0.717, 1.165) is 30.7 Å². The van der Waals surface area contributed by atoms with Crippen LogP contribution in [-0.2, 0) is 6.54 Å². The largest absolute Gasteiger partial charge is 0.346 e. The van der Waals surface area contributed by atoms with E-state index in [9.17, 15) is 4.79 Å². The van der Waals surface area contributed by atoms with E-state index in [4.69, 9.17) is 4.52 Å². The zero-order valence-electron chi connectivity index (χ0n) is 11.0. The van der Waals surface area contributed by atoms with Gasteiger partial charge in [0.1, 0.15) is 0 Å². The summed E-state index contributed by atoms with van der Waals surface area (Å²) >= 11 is 0. The van der Waals surface area contributed by atoms with Crippen molar-refractivity contribution in [2.45, 2.75) is 45.1 Å². The van der Waals surface area contributed by atoms with Gasteiger partial charge in [0.15, 0.2) is 11.6 Å². The van der Waals surface area contributed by atoms with Crippen molar-refractivity contribution in [3.05, 3.63) is 35.7 Å². The van der Waals surface area contributed by atoms with Crippen LogP contribution in [-0.4, -0.2) is 20.5 Å². The minimum atomic E-state index is 0.188. The summed E-state index contributed by atoms with van der Waals surface area (Å²) in [6.45, 7) is 2.56. The molecule has 1 fully saturated rings. The van der Waals surface area contributed by atoms with Crippen LogP contribution in [0.5, 0.6) is 0 Å². The van der Waals surface area contributed by atoms with E-state index in [1.54, 1.807) is 0 Å². The van der Waals surface area contributed by atoms with E-state index < -0.39 is 0 Å². The van der Waals surface area contributed by atoms with Gasteiger partial charge in [0.25, 0.3) is 0 Å². The summed E-state index contributed by atoms with van der Waals surface area (Å²) < 4.78 is 7.13. The van der Waals surface area contributed by atoms with E-state index in [0.29, 0.717) is 24.7 Å². The fourth-order valence-corrected chi connectivity index (χ4v) is 2.07. The van der Waals surface area contributed by atoms with Gasteiger partial charge in [-0.05, 0) is 25.3 Å². The van der Waals surface area contributed by atoms with Crippen molar-refractivity contribution in [3.63, 3.8) is 0 Å². The third-order valence-electron chi connectivity index (χ3n) is 3.28. The molecule has 0 aliphatic heterocycles. The van der Waals surface area contributed by atoms with Crippen molar-refractivity contribution in [1.29, 1.82) is 0 Å². The minimum Gasteiger partial charge on any atom is -0.346 e. The zero-order valence-corrected chi connectivity index (χ0v) is 11.0. The van der Waals surface area contributed by atoms with E-state index in [2.05, 4.69) is 10.1 Å². The van der Waals surface area contributed by atoms with Crippen LogP contribution < -0.4 is 0 Å². The normalized spacial score (nSPS) is 14.8. The maximum atomic E-state index is 11.7. The molecule has 0 radical (unpaired) electrons. The maximum Gasteiger partial charge on any atom is 0.229 e. The summed E-state index contributed by atoms with van der Waals surface area (Å²) in [4.78, 5) is 16.1. The molecule has 100 valence electrons. The summed E-state index contributed by atoms with van der Waals surface area (Å²) in [5, 5.41) is 3.97. The summed E-state index contributed by atoms with van der Waals surface area (Å²) in [6.07, 6.45) is 7.51. The van der Waals surface area contributed by atoms with Crippen LogP contribution >= 0.6 is 0 Å². The first-order chi connectivity index (χ1) is 9.26. The summed E-state index contributed by atoms with van der Waals surface area (Å²) in [6, 6.07) is 1.85. The van der Waals surface area contributed by atoms with Gasteiger partial charge in [-0.15, -0.1) is 0 Å². The van der Waals surface area contributed by atoms with Crippen molar-refractivity contribution >= 4 is 5.78 Å². The maximum absolute atomic E-state index is 11.7. The fourth-order valence-electron chi connectivity index (χ4n) is 2.07. The molecule has 1 aliphatic rings. The van der Waals surface area contributed by atoms with Gasteiger partial charge in [-0.1, -0.05) is 12.1 Å². The van der Waals surface area contributed by atoms with E-state index in [-0.39, 0.29) is 5.78 Å². The molecule has 2 aromatic rings. The highest BCUT2D eigenvalue weighted by atomic mass is 16.5. The molecule has 2 heterocycles. The topological polar surface area (TPSA) is 60.9 Å². The third kappa shape index (κ3) is 2.75. The molecule has 1 saturated carbocycles. The van der Waals surface area contributed by atoms with Crippen LogP contribution in [0.4, 0.5) is 0 Å². The Bertz CT molecular complexity index is 581. The summed E-state index contributed by atoms with van der Waals surface area (Å²) in [5.74, 6) is 2.09. The van der Waals surface area contributed by atoms with Gasteiger partial charge >= 0.3 is 0 Å². The van der Waals surface area contributed by atoms with Crippen molar-refractivity contribution in [3.8, 4) is 0 Å². The average Bonchev–Trinajstić information content (AvgIpc) is 2.97. The number of aromatic nitrogens is 3. The quantitative estimate of drug-likeness (QED) is 0.748. The highest BCUT2D eigenvalue weighted by molar-refractivity contribution is 5.95. The van der Waals surface area contributed by atoms with Gasteiger partial charge in [-0.3, -0.25) is 4.79 Å². The Morgan fingerprint density at radius 3 is 3.11 bits per heavy atom. The van der Waals surface area contributed by atoms with Gasteiger partial charge in [-0.2, -0.15) is 4.98 Å². The second-order valence-corrected chi connectivity index (χ2v) is 5.07. The number of carbonyl (C=O) groups excluding carboxylic acids is 1.